The summed E-state index contributed by atoms with van der Waals surface area (Å²) < 4.78 is 4.91. The minimum atomic E-state index is -4.26. The Morgan fingerprint density at radius 1 is 0.636 bits per heavy atom. The van der Waals surface area contributed by atoms with Gasteiger partial charge in [-0.3, -0.25) is 0 Å². The van der Waals surface area contributed by atoms with Crippen LogP contribution < -0.4 is 16.1 Å². The fourth-order valence-electron chi connectivity index (χ4n) is 4.02. The molecule has 0 aliphatic rings. The van der Waals surface area contributed by atoms with Crippen molar-refractivity contribution in [1.29, 1.82) is 10.5 Å². The molecule has 1 N–H and O–H groups in total. The fourth-order valence-corrected chi connectivity index (χ4v) is 16.5. The van der Waals surface area contributed by atoms with Crippen LogP contribution in [-0.2, 0) is 0 Å². The molecule has 0 saturated carbocycles. The van der Waals surface area contributed by atoms with Gasteiger partial charge in [0.05, 0.1) is 0 Å². The number of para-hydroxylation sites is 1. The monoisotopic (exact) mass is 535 g/mol. The van der Waals surface area contributed by atoms with Crippen LogP contribution in [0.2, 0.25) is 0 Å². The molecule has 0 aliphatic carbocycles. The molecule has 0 radical (unpaired) electrons. The maximum atomic E-state index is 10.6. The van der Waals surface area contributed by atoms with Crippen LogP contribution >= 0.6 is 0 Å². The number of benzene rings is 4. The summed E-state index contributed by atoms with van der Waals surface area (Å²) in [5, 5.41) is 22.9. The van der Waals surface area contributed by atoms with Crippen molar-refractivity contribution in [2.75, 3.05) is 0 Å². The second kappa shape index (κ2) is 10.5. The van der Waals surface area contributed by atoms with Gasteiger partial charge in [0, 0.05) is 0 Å². The second-order valence-corrected chi connectivity index (χ2v) is 17.5. The molecule has 0 unspecified atom stereocenters. The van der Waals surface area contributed by atoms with Crippen LogP contribution in [0.1, 0.15) is 0 Å². The Labute approximate surface area is 198 Å². The van der Waals surface area contributed by atoms with Crippen molar-refractivity contribution in [3.8, 4) is 12.4 Å². The summed E-state index contributed by atoms with van der Waals surface area (Å²) in [5.41, 5.74) is 0.657. The van der Waals surface area contributed by atoms with Gasteiger partial charge in [-0.15, -0.1) is 0 Å². The quantitative estimate of drug-likeness (QED) is 0.140. The summed E-state index contributed by atoms with van der Waals surface area (Å²) in [7, 11) is 0. The van der Waals surface area contributed by atoms with Gasteiger partial charge in [-0.2, -0.15) is 0 Å². The molecule has 6 heteroatoms. The molecular weight excluding hydrogens is 513 g/mol. The molecule has 4 aromatic carbocycles. The van der Waals surface area contributed by atoms with E-state index in [1.165, 1.54) is 0 Å². The molecule has 0 bridgehead atoms. The second-order valence-electron chi connectivity index (χ2n) is 7.25. The molecule has 4 rings (SSSR count). The summed E-state index contributed by atoms with van der Waals surface area (Å²) in [4.78, 5) is 4.70. The van der Waals surface area contributed by atoms with E-state index in [-0.39, 0.29) is 5.96 Å². The SMILES string of the molecule is N#CNC(=Nc1ccccc1)[N](C#N)[Sn]([c]1ccccc1)([c]1ccccc1)[c]1ccccc1. The van der Waals surface area contributed by atoms with Crippen molar-refractivity contribution in [3.63, 3.8) is 0 Å². The average Bonchev–Trinajstić information content (AvgIpc) is 2.89. The van der Waals surface area contributed by atoms with Crippen LogP contribution in [0.25, 0.3) is 0 Å². The predicted molar refractivity (Wildman–Crippen MR) is 134 cm³/mol. The summed E-state index contributed by atoms with van der Waals surface area (Å²) in [6.07, 6.45) is 4.42. The average molecular weight is 534 g/mol. The van der Waals surface area contributed by atoms with Gasteiger partial charge in [0.15, 0.2) is 0 Å². The third-order valence-corrected chi connectivity index (χ3v) is 18.2. The Morgan fingerprint density at radius 3 is 1.39 bits per heavy atom. The van der Waals surface area contributed by atoms with Crippen LogP contribution in [0.4, 0.5) is 5.69 Å². The Hall–Kier alpha value is -4.07. The molecule has 0 saturated heterocycles. The van der Waals surface area contributed by atoms with E-state index in [0.29, 0.717) is 5.69 Å². The van der Waals surface area contributed by atoms with Gasteiger partial charge in [0.25, 0.3) is 0 Å². The van der Waals surface area contributed by atoms with E-state index in [1.54, 1.807) is 3.12 Å². The summed E-state index contributed by atoms with van der Waals surface area (Å²) >= 11 is -4.26. The van der Waals surface area contributed by atoms with Gasteiger partial charge >= 0.3 is 199 Å². The zero-order valence-corrected chi connectivity index (χ0v) is 20.7. The van der Waals surface area contributed by atoms with Crippen molar-refractivity contribution in [2.45, 2.75) is 0 Å². The number of rotatable bonds is 5. The molecule has 0 aromatic heterocycles. The number of hydrogen-bond donors (Lipinski definition) is 1. The number of nitrogens with zero attached hydrogens (tertiary/aromatic N) is 4. The van der Waals surface area contributed by atoms with Gasteiger partial charge in [0.1, 0.15) is 0 Å². The Kier molecular flexibility index (Phi) is 7.04. The van der Waals surface area contributed by atoms with E-state index >= 15 is 0 Å². The third-order valence-electron chi connectivity index (χ3n) is 5.38. The van der Waals surface area contributed by atoms with Crippen molar-refractivity contribution in [2.24, 2.45) is 4.99 Å². The zero-order chi connectivity index (χ0) is 22.9. The van der Waals surface area contributed by atoms with Crippen LogP contribution in [-0.4, -0.2) is 27.7 Å². The first-order valence-electron chi connectivity index (χ1n) is 10.5. The summed E-state index contributed by atoms with van der Waals surface area (Å²) in [6, 6.07) is 39.7. The van der Waals surface area contributed by atoms with Crippen LogP contribution in [0, 0.1) is 22.9 Å². The number of hydrogen-bond acceptors (Lipinski definition) is 3. The van der Waals surface area contributed by atoms with Crippen molar-refractivity contribution < 1.29 is 0 Å². The van der Waals surface area contributed by atoms with Gasteiger partial charge in [-0.1, -0.05) is 0 Å². The first kappa shape index (κ1) is 22.1. The van der Waals surface area contributed by atoms with E-state index in [1.807, 2.05) is 91.1 Å². The summed E-state index contributed by atoms with van der Waals surface area (Å²) in [5.74, 6) is 0.221. The van der Waals surface area contributed by atoms with Gasteiger partial charge in [-0.05, 0) is 0 Å². The standard InChI is InChI=1S/C9H6N5.3C6H5.Sn/c10-6-12-9(13-7-11)14-8-4-2-1-3-5-8;3*1-2-4-6-5-3-1;/h1-5H,(H-,12,13,14);3*1-5H;/q-1;;;;+1. The van der Waals surface area contributed by atoms with Crippen LogP contribution in [0.5, 0.6) is 0 Å². The number of aliphatic imine (C=N–C) groups is 1. The van der Waals surface area contributed by atoms with Crippen LogP contribution in [0.3, 0.4) is 0 Å². The Balaban J connectivity index is 2.08. The first-order valence-corrected chi connectivity index (χ1v) is 16.0. The topological polar surface area (TPSA) is 75.2 Å². The van der Waals surface area contributed by atoms with E-state index in [9.17, 15) is 10.5 Å². The summed E-state index contributed by atoms with van der Waals surface area (Å²) in [6.45, 7) is 0. The predicted octanol–water partition coefficient (Wildman–Crippen LogP) is 3.19. The van der Waals surface area contributed by atoms with E-state index < -0.39 is 18.7 Å². The molecule has 33 heavy (non-hydrogen) atoms. The number of nitriles is 2. The molecule has 0 atom stereocenters. The van der Waals surface area contributed by atoms with Crippen molar-refractivity contribution in [1.82, 2.24) is 8.44 Å². The molecule has 4 aromatic rings. The van der Waals surface area contributed by atoms with Gasteiger partial charge < -0.3 is 0 Å². The van der Waals surface area contributed by atoms with E-state index in [4.69, 9.17) is 4.99 Å². The molecule has 5 nitrogen and oxygen atoms in total. The van der Waals surface area contributed by atoms with Gasteiger partial charge in [0.2, 0.25) is 0 Å². The molecule has 158 valence electrons. The van der Waals surface area contributed by atoms with Crippen molar-refractivity contribution in [3.05, 3.63) is 121 Å². The van der Waals surface area contributed by atoms with Gasteiger partial charge in [-0.25, -0.2) is 0 Å². The number of nitrogens with one attached hydrogen (secondary N) is 1. The minimum absolute atomic E-state index is 0.221. The molecule has 0 spiro atoms. The van der Waals surface area contributed by atoms with E-state index in [0.717, 1.165) is 10.7 Å². The van der Waals surface area contributed by atoms with Crippen molar-refractivity contribution >= 4 is 41.0 Å². The van der Waals surface area contributed by atoms with Crippen LogP contribution in [0.15, 0.2) is 126 Å². The maximum absolute atomic E-state index is 10.6. The molecule has 0 amide bonds. The Bertz CT molecular complexity index is 1200. The van der Waals surface area contributed by atoms with E-state index in [2.05, 4.69) is 47.9 Å². The normalized spacial score (nSPS) is 11.2. The molecule has 0 heterocycles. The molecular formula is C27H21N5Sn. The molecule has 0 aliphatic heterocycles. The molecule has 0 fully saturated rings. The Morgan fingerprint density at radius 2 is 1.03 bits per heavy atom. The number of guanidine groups is 1. The third kappa shape index (κ3) is 4.45. The fraction of sp³-hybridized carbons (Fsp3) is 0. The first-order chi connectivity index (χ1) is 16.3. The zero-order valence-electron chi connectivity index (χ0n) is 17.8.